The number of rotatable bonds is 9. The first-order valence-electron chi connectivity index (χ1n) is 7.12. The molecule has 0 aliphatic heterocycles. The van der Waals surface area contributed by atoms with Gasteiger partial charge in [-0.2, -0.15) is 0 Å². The van der Waals surface area contributed by atoms with Crippen LogP contribution in [0.15, 0.2) is 22.5 Å². The lowest BCUT2D eigenvalue weighted by atomic mass is 10.2. The molecular formula is C13H15ClN6O3S2. The molecule has 0 atom stereocenters. The van der Waals surface area contributed by atoms with E-state index >= 15 is 0 Å². The highest BCUT2D eigenvalue weighted by Crippen LogP contribution is 2.26. The average molecular weight is 403 g/mol. The lowest BCUT2D eigenvalue weighted by Crippen LogP contribution is -2.27. The summed E-state index contributed by atoms with van der Waals surface area (Å²) in [4.78, 5) is 21.8. The molecule has 1 amide bonds. The number of carbonyl (C=O) groups is 1. The van der Waals surface area contributed by atoms with E-state index < -0.39 is 4.92 Å². The minimum Gasteiger partial charge on any atom is -0.384 e. The summed E-state index contributed by atoms with van der Waals surface area (Å²) in [7, 11) is 0. The van der Waals surface area contributed by atoms with Gasteiger partial charge in [-0.15, -0.1) is 10.2 Å². The van der Waals surface area contributed by atoms with Gasteiger partial charge in [0, 0.05) is 25.2 Å². The first-order chi connectivity index (χ1) is 12.0. The van der Waals surface area contributed by atoms with Crippen molar-refractivity contribution in [3.63, 3.8) is 0 Å². The zero-order chi connectivity index (χ0) is 18.2. The number of nitrogens with one attached hydrogen (secondary N) is 2. The molecule has 25 heavy (non-hydrogen) atoms. The van der Waals surface area contributed by atoms with Crippen molar-refractivity contribution >= 4 is 57.1 Å². The molecule has 12 heteroatoms. The Morgan fingerprint density at radius 1 is 1.40 bits per heavy atom. The van der Waals surface area contributed by atoms with Gasteiger partial charge in [0.15, 0.2) is 4.34 Å². The highest BCUT2D eigenvalue weighted by molar-refractivity contribution is 8.01. The first kappa shape index (κ1) is 19.2. The van der Waals surface area contributed by atoms with Crippen molar-refractivity contribution in [1.29, 1.82) is 0 Å². The molecule has 0 aliphatic carbocycles. The smallest absolute Gasteiger partial charge is 0.271 e. The van der Waals surface area contributed by atoms with Crippen LogP contribution in [0.25, 0.3) is 0 Å². The van der Waals surface area contributed by atoms with Gasteiger partial charge in [0.2, 0.25) is 11.0 Å². The SMILES string of the molecule is Nc1nnc(SCC(=O)NCCCNc2ccc([N+](=O)[O-])cc2Cl)s1. The fourth-order valence-electron chi connectivity index (χ4n) is 1.76. The van der Waals surface area contributed by atoms with Gasteiger partial charge in [-0.25, -0.2) is 0 Å². The van der Waals surface area contributed by atoms with Crippen molar-refractivity contribution < 1.29 is 9.72 Å². The number of anilines is 2. The lowest BCUT2D eigenvalue weighted by Gasteiger charge is -2.09. The molecule has 0 unspecified atom stereocenters. The molecule has 4 N–H and O–H groups in total. The van der Waals surface area contributed by atoms with Crippen LogP contribution in [0.5, 0.6) is 0 Å². The summed E-state index contributed by atoms with van der Waals surface area (Å²) in [5, 5.41) is 24.6. The number of non-ortho nitro benzene ring substituents is 1. The van der Waals surface area contributed by atoms with E-state index in [4.69, 9.17) is 17.3 Å². The quantitative estimate of drug-likeness (QED) is 0.251. The maximum Gasteiger partial charge on any atom is 0.271 e. The van der Waals surface area contributed by atoms with Crippen molar-refractivity contribution in [3.8, 4) is 0 Å². The Balaban J connectivity index is 1.63. The molecule has 0 fully saturated rings. The molecule has 2 aromatic rings. The molecular weight excluding hydrogens is 388 g/mol. The lowest BCUT2D eigenvalue weighted by molar-refractivity contribution is -0.384. The Labute approximate surface area is 156 Å². The van der Waals surface area contributed by atoms with Crippen LogP contribution in [0.2, 0.25) is 5.02 Å². The monoisotopic (exact) mass is 402 g/mol. The number of nitrogen functional groups attached to an aromatic ring is 1. The van der Waals surface area contributed by atoms with Crippen molar-refractivity contribution in [2.24, 2.45) is 0 Å². The van der Waals surface area contributed by atoms with Gasteiger partial charge in [-0.1, -0.05) is 34.7 Å². The molecule has 2 rings (SSSR count). The van der Waals surface area contributed by atoms with E-state index in [2.05, 4.69) is 20.8 Å². The number of nitro groups is 1. The van der Waals surface area contributed by atoms with Crippen molar-refractivity contribution in [2.45, 2.75) is 10.8 Å². The van der Waals surface area contributed by atoms with E-state index in [0.717, 1.165) is 0 Å². The van der Waals surface area contributed by atoms with Crippen LogP contribution in [-0.4, -0.2) is 39.9 Å². The molecule has 0 spiro atoms. The Hall–Kier alpha value is -2.11. The van der Waals surface area contributed by atoms with Gasteiger partial charge in [-0.3, -0.25) is 14.9 Å². The average Bonchev–Trinajstić information content (AvgIpc) is 2.99. The zero-order valence-corrected chi connectivity index (χ0v) is 15.3. The number of halogens is 1. The minimum atomic E-state index is -0.501. The van der Waals surface area contributed by atoms with Crippen LogP contribution >= 0.6 is 34.7 Å². The first-order valence-corrected chi connectivity index (χ1v) is 9.30. The highest BCUT2D eigenvalue weighted by atomic mass is 35.5. The number of hydrogen-bond donors (Lipinski definition) is 3. The van der Waals surface area contributed by atoms with Gasteiger partial charge >= 0.3 is 0 Å². The van der Waals surface area contributed by atoms with Gasteiger partial charge in [0.05, 0.1) is 21.4 Å². The summed E-state index contributed by atoms with van der Waals surface area (Å²) in [5.74, 6) is 0.142. The summed E-state index contributed by atoms with van der Waals surface area (Å²) in [6.07, 6.45) is 0.676. The van der Waals surface area contributed by atoms with E-state index in [1.165, 1.54) is 35.2 Å². The number of nitro benzene ring substituents is 1. The van der Waals surface area contributed by atoms with Crippen LogP contribution < -0.4 is 16.4 Å². The van der Waals surface area contributed by atoms with Crippen LogP contribution in [-0.2, 0) is 4.79 Å². The Kier molecular flexibility index (Phi) is 7.22. The van der Waals surface area contributed by atoms with Crippen LogP contribution in [0.1, 0.15) is 6.42 Å². The minimum absolute atomic E-state index is 0.0579. The molecule has 9 nitrogen and oxygen atoms in total. The van der Waals surface area contributed by atoms with Crippen LogP contribution in [0, 0.1) is 10.1 Å². The van der Waals surface area contributed by atoms with E-state index in [-0.39, 0.29) is 22.4 Å². The number of aromatic nitrogens is 2. The summed E-state index contributed by atoms with van der Waals surface area (Å²) < 4.78 is 0.655. The normalized spacial score (nSPS) is 10.4. The predicted octanol–water partition coefficient (Wildman–Crippen LogP) is 2.39. The third-order valence-electron chi connectivity index (χ3n) is 2.90. The molecule has 1 heterocycles. The van der Waals surface area contributed by atoms with Gasteiger partial charge in [-0.05, 0) is 12.5 Å². The topological polar surface area (TPSA) is 136 Å². The second-order valence-electron chi connectivity index (χ2n) is 4.75. The van der Waals surface area contributed by atoms with Gasteiger partial charge < -0.3 is 16.4 Å². The summed E-state index contributed by atoms with van der Waals surface area (Å²) >= 11 is 8.50. The van der Waals surface area contributed by atoms with Gasteiger partial charge in [0.25, 0.3) is 5.69 Å². The zero-order valence-electron chi connectivity index (χ0n) is 12.9. The van der Waals surface area contributed by atoms with Crippen molar-refractivity contribution in [1.82, 2.24) is 15.5 Å². The van der Waals surface area contributed by atoms with Gasteiger partial charge in [0.1, 0.15) is 0 Å². The van der Waals surface area contributed by atoms with E-state index in [9.17, 15) is 14.9 Å². The fraction of sp³-hybridized carbons (Fsp3) is 0.308. The largest absolute Gasteiger partial charge is 0.384 e. The molecule has 134 valence electrons. The van der Waals surface area contributed by atoms with Crippen LogP contribution in [0.4, 0.5) is 16.5 Å². The Morgan fingerprint density at radius 3 is 2.84 bits per heavy atom. The third-order valence-corrected chi connectivity index (χ3v) is 5.10. The summed E-state index contributed by atoms with van der Waals surface area (Å²) in [6, 6.07) is 4.24. The fourth-order valence-corrected chi connectivity index (χ4v) is 3.46. The summed E-state index contributed by atoms with van der Waals surface area (Å²) in [6.45, 7) is 1.06. The number of hydrogen-bond acceptors (Lipinski definition) is 9. The van der Waals surface area contributed by atoms with Crippen molar-refractivity contribution in [2.75, 3.05) is 29.9 Å². The summed E-state index contributed by atoms with van der Waals surface area (Å²) in [5.41, 5.74) is 6.02. The maximum atomic E-state index is 11.7. The molecule has 0 bridgehead atoms. The van der Waals surface area contributed by atoms with E-state index in [1.54, 1.807) is 6.07 Å². The molecule has 1 aromatic heterocycles. The number of nitrogens with two attached hydrogens (primary N) is 1. The number of benzene rings is 1. The molecule has 0 aliphatic rings. The second-order valence-corrected chi connectivity index (χ2v) is 7.39. The predicted molar refractivity (Wildman–Crippen MR) is 99.3 cm³/mol. The Morgan fingerprint density at radius 2 is 2.20 bits per heavy atom. The number of amides is 1. The second kappa shape index (κ2) is 9.39. The number of thioether (sulfide) groups is 1. The van der Waals surface area contributed by atoms with Crippen LogP contribution in [0.3, 0.4) is 0 Å². The van der Waals surface area contributed by atoms with Crippen molar-refractivity contribution in [3.05, 3.63) is 33.3 Å². The number of nitrogens with zero attached hydrogens (tertiary/aromatic N) is 3. The number of carbonyl (C=O) groups excluding carboxylic acids is 1. The van der Waals surface area contributed by atoms with E-state index in [0.29, 0.717) is 34.7 Å². The molecule has 1 aromatic carbocycles. The maximum absolute atomic E-state index is 11.7. The van der Waals surface area contributed by atoms with E-state index in [1.807, 2.05) is 0 Å². The Bertz CT molecular complexity index is 757. The molecule has 0 radical (unpaired) electrons. The third kappa shape index (κ3) is 6.36. The standard InChI is InChI=1S/C13H15ClN6O3S2/c14-9-6-8(20(22)23)2-3-10(9)16-4-1-5-17-11(21)7-24-13-19-18-12(15)25-13/h2-3,6,16H,1,4-5,7H2,(H2,15,18)(H,17,21). The molecule has 0 saturated heterocycles. The highest BCUT2D eigenvalue weighted by Gasteiger charge is 2.09. The molecule has 0 saturated carbocycles.